The van der Waals surface area contributed by atoms with E-state index in [4.69, 9.17) is 9.47 Å². The molecule has 0 radical (unpaired) electrons. The molecule has 0 bridgehead atoms. The molecule has 0 spiro atoms. The minimum absolute atomic E-state index is 0.0443. The third kappa shape index (κ3) is 3.28. The molecule has 0 saturated carbocycles. The van der Waals surface area contributed by atoms with Crippen molar-refractivity contribution in [3.63, 3.8) is 0 Å². The lowest BCUT2D eigenvalue weighted by atomic mass is 9.74. The molecule has 2 N–H and O–H groups in total. The number of ether oxygens (including phenoxy) is 2. The highest BCUT2D eigenvalue weighted by Gasteiger charge is 2.60. The van der Waals surface area contributed by atoms with Crippen molar-refractivity contribution in [1.82, 2.24) is 4.98 Å². The first-order valence-electron chi connectivity index (χ1n) is 11.0. The van der Waals surface area contributed by atoms with E-state index in [0.717, 1.165) is 22.2 Å². The fraction of sp³-hybridized carbons (Fsp3) is 0.185. The van der Waals surface area contributed by atoms with Crippen molar-refractivity contribution in [3.8, 4) is 11.5 Å². The first kappa shape index (κ1) is 21.6. The summed E-state index contributed by atoms with van der Waals surface area (Å²) >= 11 is 0. The van der Waals surface area contributed by atoms with Gasteiger partial charge in [-0.15, -0.1) is 0 Å². The molecule has 1 saturated heterocycles. The Hall–Kier alpha value is -4.26. The molecule has 3 aromatic carbocycles. The van der Waals surface area contributed by atoms with Gasteiger partial charge in [0.05, 0.1) is 20.6 Å². The molecule has 5 rings (SSSR count). The van der Waals surface area contributed by atoms with E-state index in [9.17, 15) is 9.59 Å². The predicted molar refractivity (Wildman–Crippen MR) is 131 cm³/mol. The van der Waals surface area contributed by atoms with Gasteiger partial charge in [0, 0.05) is 45.7 Å². The highest BCUT2D eigenvalue weighted by atomic mass is 16.5. The number of aromatic nitrogens is 1. The number of hydrogen-bond acceptors (Lipinski definition) is 4. The van der Waals surface area contributed by atoms with Crippen LogP contribution in [0, 0.1) is 6.92 Å². The minimum atomic E-state index is -1.24. The van der Waals surface area contributed by atoms with Crippen molar-refractivity contribution in [3.05, 3.63) is 84.1 Å². The number of hydrogen-bond donors (Lipinski definition) is 2. The molecule has 1 atom stereocenters. The van der Waals surface area contributed by atoms with Gasteiger partial charge >= 0.3 is 0 Å². The maximum Gasteiger partial charge on any atom is 0.256 e. The number of carbonyl (C=O) groups is 2. The van der Waals surface area contributed by atoms with E-state index in [1.807, 2.05) is 61.5 Å². The van der Waals surface area contributed by atoms with Crippen molar-refractivity contribution < 1.29 is 19.1 Å². The molecule has 2 heterocycles. The Bertz CT molecular complexity index is 1410. The number of H-pyrrole nitrogens is 1. The normalized spacial score (nSPS) is 17.4. The molecule has 4 aromatic rings. The molecule has 34 heavy (non-hydrogen) atoms. The molecule has 1 aliphatic rings. The van der Waals surface area contributed by atoms with Gasteiger partial charge in [-0.2, -0.15) is 0 Å². The highest BCUT2D eigenvalue weighted by molar-refractivity contribution is 6.18. The van der Waals surface area contributed by atoms with Gasteiger partial charge in [-0.3, -0.25) is 14.5 Å². The lowest BCUT2D eigenvalue weighted by Gasteiger charge is -2.50. The average molecular weight is 456 g/mol. The quantitative estimate of drug-likeness (QED) is 0.411. The zero-order valence-corrected chi connectivity index (χ0v) is 19.2. The van der Waals surface area contributed by atoms with Crippen LogP contribution in [-0.4, -0.2) is 31.0 Å². The summed E-state index contributed by atoms with van der Waals surface area (Å²) in [6, 6.07) is 22.2. The Morgan fingerprint density at radius 2 is 1.68 bits per heavy atom. The van der Waals surface area contributed by atoms with Crippen molar-refractivity contribution in [2.45, 2.75) is 18.9 Å². The summed E-state index contributed by atoms with van der Waals surface area (Å²) in [5.74, 6) is 0.800. The number of aromatic amines is 1. The van der Waals surface area contributed by atoms with Gasteiger partial charge in [0.15, 0.2) is 5.54 Å². The van der Waals surface area contributed by atoms with Crippen molar-refractivity contribution in [1.29, 1.82) is 0 Å². The van der Waals surface area contributed by atoms with Crippen LogP contribution in [0.25, 0.3) is 10.9 Å². The van der Waals surface area contributed by atoms with E-state index in [1.165, 1.54) is 0 Å². The van der Waals surface area contributed by atoms with E-state index in [1.54, 1.807) is 37.3 Å². The fourth-order valence-corrected chi connectivity index (χ4v) is 4.85. The molecular weight excluding hydrogens is 430 g/mol. The van der Waals surface area contributed by atoms with Gasteiger partial charge < -0.3 is 19.8 Å². The van der Waals surface area contributed by atoms with E-state index >= 15 is 0 Å². The van der Waals surface area contributed by atoms with E-state index in [0.29, 0.717) is 22.9 Å². The minimum Gasteiger partial charge on any atom is -0.497 e. The van der Waals surface area contributed by atoms with Crippen LogP contribution in [0.2, 0.25) is 0 Å². The summed E-state index contributed by atoms with van der Waals surface area (Å²) in [4.78, 5) is 32.2. The number of rotatable bonds is 6. The maximum atomic E-state index is 14.1. The summed E-state index contributed by atoms with van der Waals surface area (Å²) in [6.45, 7) is 1.93. The van der Waals surface area contributed by atoms with Gasteiger partial charge in [0.2, 0.25) is 5.91 Å². The molecule has 2 amide bonds. The van der Waals surface area contributed by atoms with E-state index in [-0.39, 0.29) is 18.2 Å². The topological polar surface area (TPSA) is 83.7 Å². The number of carbonyl (C=O) groups excluding carboxylic acids is 2. The van der Waals surface area contributed by atoms with Crippen molar-refractivity contribution in [2.75, 3.05) is 24.4 Å². The number of benzene rings is 3. The van der Waals surface area contributed by atoms with Crippen LogP contribution in [0.5, 0.6) is 11.5 Å². The second-order valence-corrected chi connectivity index (χ2v) is 8.32. The molecule has 7 nitrogen and oxygen atoms in total. The Labute approximate surface area is 197 Å². The van der Waals surface area contributed by atoms with Crippen LogP contribution in [0.4, 0.5) is 11.4 Å². The second kappa shape index (κ2) is 8.26. The average Bonchev–Trinajstić information content (AvgIpc) is 3.18. The van der Waals surface area contributed by atoms with Gasteiger partial charge in [-0.1, -0.05) is 30.3 Å². The van der Waals surface area contributed by atoms with Crippen LogP contribution in [0.3, 0.4) is 0 Å². The highest BCUT2D eigenvalue weighted by Crippen LogP contribution is 2.49. The zero-order valence-electron chi connectivity index (χ0n) is 19.2. The van der Waals surface area contributed by atoms with Crippen molar-refractivity contribution in [2.24, 2.45) is 0 Å². The zero-order chi connectivity index (χ0) is 23.9. The first-order chi connectivity index (χ1) is 16.5. The molecule has 1 aromatic heterocycles. The molecule has 0 aliphatic carbocycles. The van der Waals surface area contributed by atoms with Gasteiger partial charge in [-0.25, -0.2) is 0 Å². The summed E-state index contributed by atoms with van der Waals surface area (Å²) in [7, 11) is 3.15. The van der Waals surface area contributed by atoms with Crippen molar-refractivity contribution >= 4 is 34.1 Å². The summed E-state index contributed by atoms with van der Waals surface area (Å²) in [5, 5.41) is 3.93. The molecule has 1 fully saturated rings. The van der Waals surface area contributed by atoms with Crippen LogP contribution >= 0.6 is 0 Å². The SMILES string of the molecule is COc1cccc(NC(=O)C2(c3c(C)[nH]c4ccccc34)CC(=O)N2c2cccc(OC)c2)c1. The molecule has 7 heteroatoms. The van der Waals surface area contributed by atoms with Gasteiger partial charge in [-0.05, 0) is 37.3 Å². The number of fused-ring (bicyclic) bond motifs is 1. The largest absolute Gasteiger partial charge is 0.497 e. The Morgan fingerprint density at radius 3 is 2.41 bits per heavy atom. The second-order valence-electron chi connectivity index (χ2n) is 8.32. The summed E-state index contributed by atoms with van der Waals surface area (Å²) in [5.41, 5.74) is 2.48. The number of nitrogens with one attached hydrogen (secondary N) is 2. The standard InChI is InChI=1S/C27H25N3O4/c1-17-25(22-12-4-5-13-23(22)28-17)27(26(32)29-18-8-6-10-20(14-18)33-2)16-24(31)30(27)19-9-7-11-21(15-19)34-3/h4-15,28H,16H2,1-3H3,(H,29,32). The number of aryl methyl sites for hydroxylation is 1. The molecule has 172 valence electrons. The maximum absolute atomic E-state index is 14.1. The number of methoxy groups -OCH3 is 2. The molecule has 1 aliphatic heterocycles. The molecular formula is C27H25N3O4. The van der Waals surface area contributed by atoms with Crippen LogP contribution in [-0.2, 0) is 15.1 Å². The lowest BCUT2D eigenvalue weighted by Crippen LogP contribution is -2.67. The van der Waals surface area contributed by atoms with Gasteiger partial charge in [0.25, 0.3) is 5.91 Å². The Balaban J connectivity index is 1.69. The number of amides is 2. The van der Waals surface area contributed by atoms with E-state index < -0.39 is 5.54 Å². The van der Waals surface area contributed by atoms with Crippen LogP contribution in [0.15, 0.2) is 72.8 Å². The number of anilines is 2. The number of nitrogens with zero attached hydrogens (tertiary/aromatic N) is 1. The first-order valence-corrected chi connectivity index (χ1v) is 11.0. The lowest BCUT2D eigenvalue weighted by molar-refractivity contribution is -0.137. The van der Waals surface area contributed by atoms with Crippen LogP contribution < -0.4 is 19.7 Å². The monoisotopic (exact) mass is 455 g/mol. The third-order valence-corrected chi connectivity index (χ3v) is 6.36. The van der Waals surface area contributed by atoms with Gasteiger partial charge in [0.1, 0.15) is 11.5 Å². The number of para-hydroxylation sites is 1. The van der Waals surface area contributed by atoms with E-state index in [2.05, 4.69) is 10.3 Å². The summed E-state index contributed by atoms with van der Waals surface area (Å²) in [6.07, 6.45) is 0.0443. The van der Waals surface area contributed by atoms with Crippen LogP contribution in [0.1, 0.15) is 17.7 Å². The molecule has 1 unspecified atom stereocenters. The summed E-state index contributed by atoms with van der Waals surface area (Å²) < 4.78 is 10.7. The third-order valence-electron chi connectivity index (χ3n) is 6.36. The predicted octanol–water partition coefficient (Wildman–Crippen LogP) is 4.76. The Morgan fingerprint density at radius 1 is 0.971 bits per heavy atom. The smallest absolute Gasteiger partial charge is 0.256 e. The fourth-order valence-electron chi connectivity index (χ4n) is 4.85. The Kier molecular flexibility index (Phi) is 5.24. The number of β-lactam (4-membered cyclic amide) rings is 1.